The van der Waals surface area contributed by atoms with E-state index in [0.29, 0.717) is 5.56 Å². The van der Waals surface area contributed by atoms with Crippen molar-refractivity contribution in [1.82, 2.24) is 10.6 Å². The van der Waals surface area contributed by atoms with Gasteiger partial charge in [-0.25, -0.2) is 4.79 Å². The predicted octanol–water partition coefficient (Wildman–Crippen LogP) is -0.799. The van der Waals surface area contributed by atoms with Crippen molar-refractivity contribution in [3.8, 4) is 5.75 Å². The predicted molar refractivity (Wildman–Crippen MR) is 93.8 cm³/mol. The lowest BCUT2D eigenvalue weighted by atomic mass is 10.0. The van der Waals surface area contributed by atoms with Crippen molar-refractivity contribution in [1.29, 1.82) is 0 Å². The second-order valence-corrected chi connectivity index (χ2v) is 6.05. The number of nitrogens with two attached hydrogens (primary N) is 1. The Morgan fingerprint density at radius 1 is 1.00 bits per heavy atom. The molecule has 0 saturated heterocycles. The summed E-state index contributed by atoms with van der Waals surface area (Å²) in [4.78, 5) is 46.3. The maximum Gasteiger partial charge on any atom is 0.326 e. The van der Waals surface area contributed by atoms with Crippen LogP contribution in [-0.2, 0) is 25.6 Å². The minimum absolute atomic E-state index is 0.0237. The van der Waals surface area contributed by atoms with E-state index >= 15 is 0 Å². The largest absolute Gasteiger partial charge is 0.508 e. The highest BCUT2D eigenvalue weighted by Gasteiger charge is 2.27. The van der Waals surface area contributed by atoms with Gasteiger partial charge in [0.15, 0.2) is 0 Å². The fraction of sp³-hybridized carbons (Fsp3) is 0.412. The van der Waals surface area contributed by atoms with Gasteiger partial charge in [-0.1, -0.05) is 12.1 Å². The Morgan fingerprint density at radius 2 is 1.56 bits per heavy atom. The van der Waals surface area contributed by atoms with E-state index in [1.165, 1.54) is 19.1 Å². The van der Waals surface area contributed by atoms with Gasteiger partial charge in [-0.05, 0) is 31.0 Å². The lowest BCUT2D eigenvalue weighted by Gasteiger charge is -2.22. The molecule has 0 unspecified atom stereocenters. The minimum atomic E-state index is -1.41. The van der Waals surface area contributed by atoms with Crippen LogP contribution in [0.25, 0.3) is 0 Å². The number of carbonyl (C=O) groups excluding carboxylic acids is 2. The molecule has 0 heterocycles. The average molecular weight is 381 g/mol. The van der Waals surface area contributed by atoms with Gasteiger partial charge in [-0.15, -0.1) is 0 Å². The quantitative estimate of drug-likeness (QED) is 0.305. The van der Waals surface area contributed by atoms with Gasteiger partial charge >= 0.3 is 11.9 Å². The third kappa shape index (κ3) is 7.74. The summed E-state index contributed by atoms with van der Waals surface area (Å²) in [6.45, 7) is 1.43. The molecule has 0 aliphatic heterocycles. The molecule has 0 saturated carbocycles. The fourth-order valence-corrected chi connectivity index (χ4v) is 2.18. The Hall–Kier alpha value is -3.14. The first kappa shape index (κ1) is 21.9. The Morgan fingerprint density at radius 3 is 2.04 bits per heavy atom. The van der Waals surface area contributed by atoms with E-state index in [0.717, 1.165) is 0 Å². The zero-order valence-corrected chi connectivity index (χ0v) is 14.7. The number of carboxylic acids is 2. The van der Waals surface area contributed by atoms with Gasteiger partial charge in [0.25, 0.3) is 0 Å². The van der Waals surface area contributed by atoms with Gasteiger partial charge in [-0.2, -0.15) is 0 Å². The third-order valence-corrected chi connectivity index (χ3v) is 3.68. The summed E-state index contributed by atoms with van der Waals surface area (Å²) < 4.78 is 0. The summed E-state index contributed by atoms with van der Waals surface area (Å²) in [7, 11) is 0. The van der Waals surface area contributed by atoms with Crippen LogP contribution in [0.5, 0.6) is 5.75 Å². The highest BCUT2D eigenvalue weighted by molar-refractivity contribution is 5.91. The molecular formula is C17H23N3O7. The Labute approximate surface area is 155 Å². The Balaban J connectivity index is 2.92. The van der Waals surface area contributed by atoms with Crippen molar-refractivity contribution in [3.05, 3.63) is 29.8 Å². The average Bonchev–Trinajstić information content (AvgIpc) is 2.58. The number of carbonyl (C=O) groups is 4. The van der Waals surface area contributed by atoms with Crippen LogP contribution in [0.2, 0.25) is 0 Å². The monoisotopic (exact) mass is 381 g/mol. The van der Waals surface area contributed by atoms with E-state index in [2.05, 4.69) is 10.6 Å². The highest BCUT2D eigenvalue weighted by Crippen LogP contribution is 2.12. The van der Waals surface area contributed by atoms with E-state index < -0.39 is 48.3 Å². The maximum atomic E-state index is 12.5. The summed E-state index contributed by atoms with van der Waals surface area (Å²) in [5.74, 6) is -3.94. The first-order chi connectivity index (χ1) is 12.6. The number of hydrogen-bond donors (Lipinski definition) is 6. The fourth-order valence-electron chi connectivity index (χ4n) is 2.18. The molecule has 0 spiro atoms. The number of phenols is 1. The lowest BCUT2D eigenvalue weighted by Crippen LogP contribution is -2.54. The molecule has 1 aromatic carbocycles. The Kier molecular flexibility index (Phi) is 8.21. The molecule has 2 amide bonds. The summed E-state index contributed by atoms with van der Waals surface area (Å²) in [6, 6.07) is 2.49. The van der Waals surface area contributed by atoms with Crippen LogP contribution < -0.4 is 16.4 Å². The van der Waals surface area contributed by atoms with Crippen molar-refractivity contribution in [2.24, 2.45) is 5.73 Å². The third-order valence-electron chi connectivity index (χ3n) is 3.68. The van der Waals surface area contributed by atoms with E-state index in [9.17, 15) is 24.3 Å². The van der Waals surface area contributed by atoms with Gasteiger partial charge in [0.05, 0.1) is 6.04 Å². The van der Waals surface area contributed by atoms with Crippen LogP contribution in [0, 0.1) is 0 Å². The van der Waals surface area contributed by atoms with Gasteiger partial charge in [0.1, 0.15) is 17.8 Å². The zero-order chi connectivity index (χ0) is 20.6. The van der Waals surface area contributed by atoms with Crippen molar-refractivity contribution in [2.75, 3.05) is 0 Å². The number of aliphatic carboxylic acids is 2. The number of hydrogen-bond acceptors (Lipinski definition) is 6. The van der Waals surface area contributed by atoms with E-state index in [4.69, 9.17) is 15.9 Å². The number of benzene rings is 1. The molecule has 0 aliphatic rings. The zero-order valence-electron chi connectivity index (χ0n) is 14.7. The Bertz CT molecular complexity index is 688. The molecule has 1 rings (SSSR count). The van der Waals surface area contributed by atoms with E-state index in [1.54, 1.807) is 12.1 Å². The molecule has 10 heteroatoms. The molecule has 0 fully saturated rings. The number of aromatic hydroxyl groups is 1. The molecule has 0 bridgehead atoms. The highest BCUT2D eigenvalue weighted by atomic mass is 16.4. The first-order valence-corrected chi connectivity index (χ1v) is 8.19. The molecule has 148 valence electrons. The topological polar surface area (TPSA) is 179 Å². The van der Waals surface area contributed by atoms with Crippen LogP contribution in [0.1, 0.15) is 25.3 Å². The number of rotatable bonds is 10. The SMILES string of the molecule is C[C@H](N)C(=O)N[C@@H](Cc1ccc(O)cc1)C(=O)N[C@@H](CCC(=O)O)C(=O)O. The van der Waals surface area contributed by atoms with Crippen molar-refractivity contribution in [2.45, 2.75) is 44.3 Å². The van der Waals surface area contributed by atoms with Gasteiger partial charge < -0.3 is 31.7 Å². The van der Waals surface area contributed by atoms with Crippen LogP contribution in [0.15, 0.2) is 24.3 Å². The van der Waals surface area contributed by atoms with Crippen molar-refractivity contribution >= 4 is 23.8 Å². The molecule has 3 atom stereocenters. The molecule has 10 nitrogen and oxygen atoms in total. The van der Waals surface area contributed by atoms with Crippen LogP contribution in [0.4, 0.5) is 0 Å². The van der Waals surface area contributed by atoms with E-state index in [1.807, 2.05) is 0 Å². The van der Waals surface area contributed by atoms with Gasteiger partial charge in [0, 0.05) is 12.8 Å². The molecular weight excluding hydrogens is 358 g/mol. The summed E-state index contributed by atoms with van der Waals surface area (Å²) in [5.41, 5.74) is 6.10. The lowest BCUT2D eigenvalue weighted by molar-refractivity contribution is -0.143. The molecule has 27 heavy (non-hydrogen) atoms. The van der Waals surface area contributed by atoms with E-state index in [-0.39, 0.29) is 18.6 Å². The summed E-state index contributed by atoms with van der Waals surface area (Å²) >= 11 is 0. The first-order valence-electron chi connectivity index (χ1n) is 8.19. The van der Waals surface area contributed by atoms with Gasteiger partial charge in [-0.3, -0.25) is 14.4 Å². The van der Waals surface area contributed by atoms with Gasteiger partial charge in [0.2, 0.25) is 11.8 Å². The standard InChI is InChI=1S/C17H23N3O7/c1-9(18)15(24)20-13(8-10-2-4-11(21)5-3-10)16(25)19-12(17(26)27)6-7-14(22)23/h2-5,9,12-13,21H,6-8,18H2,1H3,(H,19,25)(H,20,24)(H,22,23)(H,26,27)/t9-,12-,13-/m0/s1. The van der Waals surface area contributed by atoms with Crippen LogP contribution >= 0.6 is 0 Å². The summed E-state index contributed by atoms with van der Waals surface area (Å²) in [6.07, 6.45) is -0.717. The van der Waals surface area contributed by atoms with Crippen LogP contribution in [0.3, 0.4) is 0 Å². The number of amides is 2. The van der Waals surface area contributed by atoms with Crippen LogP contribution in [-0.4, -0.2) is 57.2 Å². The minimum Gasteiger partial charge on any atom is -0.508 e. The molecule has 0 radical (unpaired) electrons. The molecule has 0 aliphatic carbocycles. The number of phenolic OH excluding ortho intramolecular Hbond substituents is 1. The smallest absolute Gasteiger partial charge is 0.326 e. The summed E-state index contributed by atoms with van der Waals surface area (Å²) in [5, 5.41) is 31.9. The molecule has 1 aromatic rings. The van der Waals surface area contributed by atoms with Crippen molar-refractivity contribution in [3.63, 3.8) is 0 Å². The second-order valence-electron chi connectivity index (χ2n) is 6.05. The second kappa shape index (κ2) is 10.1. The van der Waals surface area contributed by atoms with Crippen molar-refractivity contribution < 1.29 is 34.5 Å². The maximum absolute atomic E-state index is 12.5. The molecule has 7 N–H and O–H groups in total. The number of nitrogens with one attached hydrogen (secondary N) is 2. The number of carboxylic acid groups (broad SMARTS) is 2. The normalized spacial score (nSPS) is 13.9. The molecule has 0 aromatic heterocycles.